The Morgan fingerprint density at radius 2 is 1.42 bits per heavy atom. The third kappa shape index (κ3) is 16.7. The van der Waals surface area contributed by atoms with Crippen LogP contribution in [0, 0.1) is 5.92 Å². The fourth-order valence-corrected chi connectivity index (χ4v) is 5.97. The Kier molecular flexibility index (Phi) is 19.8. The number of aliphatic hydroxyl groups excluding tert-OH is 1. The molecule has 296 valence electrons. The zero-order chi connectivity index (χ0) is 39.8. The standard InChI is InChI=1S/C29H51N8O13PS/c1-15(2)12-19(24(31)41)34-28(45)22-6-5-10-37(22)29(46)21(14-50-51(47,48)49)36-27(44)20(13-38)35-25(42)17(7-8-23(30)40)33-26(43)18(9-11-52-4)32-16(3)39/h15,17-22,38H,5-14H2,1-4H3,(H2,30,40)(H2,31,41)(H,32,39)(H,33,43)(H,34,45)(H,35,42)(H,36,44)(H2,47,48,49)/t17-,18-,19-,20-,21-,22-/m0/s1. The number of likely N-dealkylation sites (tertiary alicyclic amines) is 1. The second-order valence-corrected chi connectivity index (χ2v) is 14.7. The zero-order valence-electron chi connectivity index (χ0n) is 29.5. The fourth-order valence-electron chi connectivity index (χ4n) is 5.15. The number of phosphoric ester groups is 1. The molecule has 1 fully saturated rings. The topological polar surface area (TPSA) is 339 Å². The van der Waals surface area contributed by atoms with E-state index in [1.165, 1.54) is 18.7 Å². The Morgan fingerprint density at radius 3 is 1.92 bits per heavy atom. The van der Waals surface area contributed by atoms with Crippen molar-refractivity contribution in [3.63, 3.8) is 0 Å². The first-order valence-corrected chi connectivity index (χ1v) is 19.3. The first-order chi connectivity index (χ1) is 24.2. The summed E-state index contributed by atoms with van der Waals surface area (Å²) in [6.07, 6.45) is 1.90. The lowest BCUT2D eigenvalue weighted by Crippen LogP contribution is -2.61. The molecule has 1 saturated heterocycles. The predicted octanol–water partition coefficient (Wildman–Crippen LogP) is -3.93. The van der Waals surface area contributed by atoms with Gasteiger partial charge in [0.25, 0.3) is 0 Å². The smallest absolute Gasteiger partial charge is 0.394 e. The van der Waals surface area contributed by atoms with Crippen molar-refractivity contribution in [2.45, 2.75) is 95.5 Å². The van der Waals surface area contributed by atoms with Crippen molar-refractivity contribution in [2.75, 3.05) is 31.8 Å². The second-order valence-electron chi connectivity index (χ2n) is 12.5. The van der Waals surface area contributed by atoms with Crippen LogP contribution in [0.5, 0.6) is 0 Å². The van der Waals surface area contributed by atoms with Gasteiger partial charge in [-0.25, -0.2) is 4.57 Å². The monoisotopic (exact) mass is 782 g/mol. The van der Waals surface area contributed by atoms with Crippen molar-refractivity contribution in [3.8, 4) is 0 Å². The van der Waals surface area contributed by atoms with E-state index in [2.05, 4.69) is 31.1 Å². The van der Waals surface area contributed by atoms with Crippen LogP contribution in [-0.2, 0) is 47.4 Å². The number of carbonyl (C=O) groups excluding carboxylic acids is 8. The number of thioether (sulfide) groups is 1. The Bertz CT molecular complexity index is 1350. The number of nitrogens with two attached hydrogens (primary N) is 2. The number of primary amides is 2. The van der Waals surface area contributed by atoms with Crippen LogP contribution >= 0.6 is 19.6 Å². The summed E-state index contributed by atoms with van der Waals surface area (Å²) in [5.41, 5.74) is 10.6. The first-order valence-electron chi connectivity index (χ1n) is 16.4. The van der Waals surface area contributed by atoms with Gasteiger partial charge in [-0.05, 0) is 50.0 Å². The maximum Gasteiger partial charge on any atom is 0.469 e. The molecule has 0 spiro atoms. The van der Waals surface area contributed by atoms with Crippen molar-refractivity contribution in [1.82, 2.24) is 31.5 Å². The molecule has 23 heteroatoms. The summed E-state index contributed by atoms with van der Waals surface area (Å²) >= 11 is 1.39. The Hall–Kier alpha value is -3.82. The van der Waals surface area contributed by atoms with Crippen molar-refractivity contribution in [1.29, 1.82) is 0 Å². The summed E-state index contributed by atoms with van der Waals surface area (Å²) in [6, 6.07) is -8.43. The maximum atomic E-state index is 13.7. The molecule has 0 saturated carbocycles. The quantitative estimate of drug-likeness (QED) is 0.0443. The fraction of sp³-hybridized carbons (Fsp3) is 0.724. The van der Waals surface area contributed by atoms with Gasteiger partial charge in [0.2, 0.25) is 47.3 Å². The number of rotatable bonds is 23. The van der Waals surface area contributed by atoms with Gasteiger partial charge in [-0.15, -0.1) is 0 Å². The minimum absolute atomic E-state index is 0.0243. The molecule has 8 amide bonds. The number of hydrogen-bond acceptors (Lipinski definition) is 12. The average Bonchev–Trinajstić information content (AvgIpc) is 3.54. The number of phosphoric acid groups is 1. The third-order valence-electron chi connectivity index (χ3n) is 7.66. The van der Waals surface area contributed by atoms with Crippen LogP contribution in [0.3, 0.4) is 0 Å². The third-order valence-corrected chi connectivity index (χ3v) is 8.79. The van der Waals surface area contributed by atoms with E-state index in [1.54, 1.807) is 20.1 Å². The van der Waals surface area contributed by atoms with Crippen LogP contribution in [-0.4, -0.2) is 135 Å². The summed E-state index contributed by atoms with van der Waals surface area (Å²) in [6.45, 7) is 2.60. The van der Waals surface area contributed by atoms with Gasteiger partial charge < -0.3 is 57.8 Å². The van der Waals surface area contributed by atoms with Crippen molar-refractivity contribution in [2.24, 2.45) is 17.4 Å². The van der Waals surface area contributed by atoms with Gasteiger partial charge in [-0.3, -0.25) is 42.9 Å². The lowest BCUT2D eigenvalue weighted by Gasteiger charge is -2.30. The second kappa shape index (κ2) is 22.3. The molecular weight excluding hydrogens is 731 g/mol. The first kappa shape index (κ1) is 46.2. The number of carbonyl (C=O) groups is 8. The minimum atomic E-state index is -5.21. The molecule has 0 radical (unpaired) electrons. The summed E-state index contributed by atoms with van der Waals surface area (Å²) in [4.78, 5) is 121. The normalized spacial score (nSPS) is 17.2. The number of aliphatic hydroxyl groups is 1. The lowest BCUT2D eigenvalue weighted by molar-refractivity contribution is -0.143. The van der Waals surface area contributed by atoms with Gasteiger partial charge in [-0.1, -0.05) is 13.8 Å². The average molecular weight is 783 g/mol. The van der Waals surface area contributed by atoms with Crippen LogP contribution < -0.4 is 38.1 Å². The number of hydrogen-bond donors (Lipinski definition) is 10. The van der Waals surface area contributed by atoms with Crippen LogP contribution in [0.1, 0.15) is 59.3 Å². The molecule has 6 atom stereocenters. The van der Waals surface area contributed by atoms with E-state index in [0.717, 1.165) is 4.90 Å². The van der Waals surface area contributed by atoms with Crippen molar-refractivity contribution in [3.05, 3.63) is 0 Å². The Balaban J connectivity index is 3.24. The Morgan fingerprint density at radius 1 is 0.865 bits per heavy atom. The number of nitrogens with zero attached hydrogens (tertiary/aromatic N) is 1. The largest absolute Gasteiger partial charge is 0.469 e. The zero-order valence-corrected chi connectivity index (χ0v) is 31.2. The van der Waals surface area contributed by atoms with E-state index in [4.69, 9.17) is 11.5 Å². The molecule has 21 nitrogen and oxygen atoms in total. The summed E-state index contributed by atoms with van der Waals surface area (Å²) in [7, 11) is -5.21. The molecule has 0 aliphatic carbocycles. The van der Waals surface area contributed by atoms with Crippen LogP contribution in [0.25, 0.3) is 0 Å². The van der Waals surface area contributed by atoms with E-state index in [9.17, 15) is 57.8 Å². The molecule has 1 aliphatic heterocycles. The van der Waals surface area contributed by atoms with Crippen molar-refractivity contribution < 1.29 is 62.3 Å². The highest BCUT2D eigenvalue weighted by Crippen LogP contribution is 2.36. The Labute approximate surface area is 305 Å². The summed E-state index contributed by atoms with van der Waals surface area (Å²) < 4.78 is 16.0. The summed E-state index contributed by atoms with van der Waals surface area (Å²) in [5.74, 6) is -6.52. The molecule has 1 heterocycles. The van der Waals surface area contributed by atoms with Gasteiger partial charge >= 0.3 is 7.82 Å². The van der Waals surface area contributed by atoms with Crippen LogP contribution in [0.2, 0.25) is 0 Å². The van der Waals surface area contributed by atoms with Gasteiger partial charge in [0.1, 0.15) is 36.3 Å². The van der Waals surface area contributed by atoms with Gasteiger partial charge in [0.15, 0.2) is 0 Å². The van der Waals surface area contributed by atoms with Gasteiger partial charge in [-0.2, -0.15) is 11.8 Å². The highest BCUT2D eigenvalue weighted by atomic mass is 32.2. The molecule has 0 bridgehead atoms. The molecule has 0 unspecified atom stereocenters. The van der Waals surface area contributed by atoms with E-state index in [1.807, 2.05) is 0 Å². The highest BCUT2D eigenvalue weighted by molar-refractivity contribution is 7.98. The molecule has 52 heavy (non-hydrogen) atoms. The number of amides is 8. The SMILES string of the molecule is CSCC[C@H](NC(C)=O)C(=O)N[C@@H](CCC(N)=O)C(=O)N[C@@H](CO)C(=O)N[C@@H](COP(=O)(O)O)C(=O)N1CCC[C@H]1C(=O)N[C@@H](CC(C)C)C(N)=O. The molecule has 1 rings (SSSR count). The summed E-state index contributed by atoms with van der Waals surface area (Å²) in [5, 5.41) is 21.8. The van der Waals surface area contributed by atoms with Gasteiger partial charge in [0.05, 0.1) is 13.2 Å². The van der Waals surface area contributed by atoms with Crippen LogP contribution in [0.4, 0.5) is 0 Å². The molecule has 12 N–H and O–H groups in total. The minimum Gasteiger partial charge on any atom is -0.394 e. The van der Waals surface area contributed by atoms with E-state index in [-0.39, 0.29) is 44.6 Å². The highest BCUT2D eigenvalue weighted by Gasteiger charge is 2.40. The molecular formula is C29H51N8O13PS. The maximum absolute atomic E-state index is 13.7. The molecule has 0 aromatic rings. The van der Waals surface area contributed by atoms with Gasteiger partial charge in [0, 0.05) is 19.9 Å². The van der Waals surface area contributed by atoms with Crippen molar-refractivity contribution >= 4 is 66.8 Å². The predicted molar refractivity (Wildman–Crippen MR) is 185 cm³/mol. The van der Waals surface area contributed by atoms with E-state index >= 15 is 0 Å². The van der Waals surface area contributed by atoms with Crippen LogP contribution in [0.15, 0.2) is 0 Å². The van der Waals surface area contributed by atoms with E-state index < -0.39 is 105 Å². The molecule has 0 aromatic heterocycles. The van der Waals surface area contributed by atoms with E-state index in [0.29, 0.717) is 12.2 Å². The molecule has 0 aromatic carbocycles. The molecule has 1 aliphatic rings. The number of nitrogens with one attached hydrogen (secondary N) is 5. The lowest BCUT2D eigenvalue weighted by atomic mass is 10.0.